The van der Waals surface area contributed by atoms with Crippen molar-refractivity contribution < 1.29 is 4.74 Å². The molecule has 3 aliphatic rings. The molecule has 6 nitrogen and oxygen atoms in total. The molecule has 35 heavy (non-hydrogen) atoms. The normalized spacial score (nSPS) is 22.4. The van der Waals surface area contributed by atoms with E-state index in [9.17, 15) is 4.79 Å². The van der Waals surface area contributed by atoms with Gasteiger partial charge in [0.2, 0.25) is 0 Å². The van der Waals surface area contributed by atoms with Crippen LogP contribution in [-0.2, 0) is 19.4 Å². The molecule has 0 amide bonds. The maximum atomic E-state index is 13.5. The van der Waals surface area contributed by atoms with E-state index in [1.54, 1.807) is 29.3 Å². The second kappa shape index (κ2) is 10.0. The Morgan fingerprint density at radius 3 is 2.63 bits per heavy atom. The molecule has 2 saturated heterocycles. The highest BCUT2D eigenvalue weighted by molar-refractivity contribution is 7.18. The number of methoxy groups -OCH3 is 1. The summed E-state index contributed by atoms with van der Waals surface area (Å²) in [7, 11) is 1.67. The Balaban J connectivity index is 1.16. The van der Waals surface area contributed by atoms with Crippen LogP contribution in [0, 0.1) is 0 Å². The van der Waals surface area contributed by atoms with Crippen molar-refractivity contribution in [1.82, 2.24) is 19.4 Å². The predicted octanol–water partition coefficient (Wildman–Crippen LogP) is 4.32. The number of rotatable bonds is 5. The zero-order valence-electron chi connectivity index (χ0n) is 20.7. The van der Waals surface area contributed by atoms with E-state index in [0.29, 0.717) is 12.6 Å². The zero-order valence-corrected chi connectivity index (χ0v) is 21.6. The van der Waals surface area contributed by atoms with Crippen molar-refractivity contribution in [3.05, 3.63) is 57.0 Å². The first-order valence-electron chi connectivity index (χ1n) is 13.3. The number of fused-ring (bicyclic) bond motifs is 3. The first-order valence-corrected chi connectivity index (χ1v) is 14.1. The smallest absolute Gasteiger partial charge is 0.262 e. The lowest BCUT2D eigenvalue weighted by molar-refractivity contribution is 0.0687. The standard InChI is InChI=1S/C28H36N4O2S/c1-34-23-7-5-6-20(16-23)18-32-19-29-27-26(28(32)33)24-9-8-22(17-25(24)35-27)31-14-10-21(11-15-31)30-12-3-2-4-13-30/h5-7,16,19,21-22H,2-4,8-15,17-18H2,1H3. The molecule has 2 aromatic heterocycles. The van der Waals surface area contributed by atoms with E-state index >= 15 is 0 Å². The Labute approximate surface area is 211 Å². The van der Waals surface area contributed by atoms with Crippen molar-refractivity contribution in [2.75, 3.05) is 33.3 Å². The molecule has 1 aromatic carbocycles. The van der Waals surface area contributed by atoms with Crippen LogP contribution < -0.4 is 10.3 Å². The van der Waals surface area contributed by atoms with E-state index in [-0.39, 0.29) is 5.56 Å². The highest BCUT2D eigenvalue weighted by atomic mass is 32.1. The molecule has 6 rings (SSSR count). The number of ether oxygens (including phenoxy) is 1. The van der Waals surface area contributed by atoms with Crippen molar-refractivity contribution in [3.8, 4) is 5.75 Å². The molecule has 1 aliphatic carbocycles. The summed E-state index contributed by atoms with van der Waals surface area (Å²) in [6.07, 6.45) is 11.7. The second-order valence-electron chi connectivity index (χ2n) is 10.5. The summed E-state index contributed by atoms with van der Waals surface area (Å²) in [5.74, 6) is 0.809. The van der Waals surface area contributed by atoms with Crippen LogP contribution in [0.25, 0.3) is 10.2 Å². The summed E-state index contributed by atoms with van der Waals surface area (Å²) >= 11 is 1.75. The lowest BCUT2D eigenvalue weighted by Gasteiger charge is -2.43. The van der Waals surface area contributed by atoms with Gasteiger partial charge in [-0.15, -0.1) is 11.3 Å². The summed E-state index contributed by atoms with van der Waals surface area (Å²) in [6, 6.07) is 9.31. The van der Waals surface area contributed by atoms with Gasteiger partial charge in [0.15, 0.2) is 0 Å². The van der Waals surface area contributed by atoms with Gasteiger partial charge in [-0.05, 0) is 94.4 Å². The minimum Gasteiger partial charge on any atom is -0.497 e. The van der Waals surface area contributed by atoms with E-state index in [0.717, 1.165) is 46.8 Å². The maximum absolute atomic E-state index is 13.5. The fourth-order valence-electron chi connectivity index (χ4n) is 6.48. The molecule has 1 unspecified atom stereocenters. The van der Waals surface area contributed by atoms with Crippen LogP contribution >= 0.6 is 11.3 Å². The topological polar surface area (TPSA) is 50.6 Å². The van der Waals surface area contributed by atoms with Gasteiger partial charge in [-0.2, -0.15) is 0 Å². The Morgan fingerprint density at radius 1 is 1.03 bits per heavy atom. The SMILES string of the molecule is COc1cccc(Cn2cnc3sc4c(c3c2=O)CCC(N2CCC(N3CCCCC3)CC2)C4)c1. The van der Waals surface area contributed by atoms with E-state index in [2.05, 4.69) is 9.80 Å². The minimum absolute atomic E-state index is 0.0936. The van der Waals surface area contributed by atoms with Gasteiger partial charge in [0.05, 0.1) is 25.4 Å². The van der Waals surface area contributed by atoms with Crippen LogP contribution in [-0.4, -0.2) is 64.7 Å². The van der Waals surface area contributed by atoms with Crippen LogP contribution in [0.2, 0.25) is 0 Å². The quantitative estimate of drug-likeness (QED) is 0.531. The molecule has 0 saturated carbocycles. The van der Waals surface area contributed by atoms with Crippen LogP contribution in [0.15, 0.2) is 35.4 Å². The molecule has 4 heterocycles. The largest absolute Gasteiger partial charge is 0.497 e. The minimum atomic E-state index is 0.0936. The van der Waals surface area contributed by atoms with Crippen molar-refractivity contribution >= 4 is 21.6 Å². The highest BCUT2D eigenvalue weighted by Gasteiger charge is 2.32. The molecule has 186 valence electrons. The van der Waals surface area contributed by atoms with E-state index in [1.165, 1.54) is 68.7 Å². The third kappa shape index (κ3) is 4.66. The summed E-state index contributed by atoms with van der Waals surface area (Å²) < 4.78 is 7.10. The van der Waals surface area contributed by atoms with Crippen LogP contribution in [0.1, 0.15) is 54.5 Å². The third-order valence-electron chi connectivity index (χ3n) is 8.42. The van der Waals surface area contributed by atoms with Crippen molar-refractivity contribution in [3.63, 3.8) is 0 Å². The van der Waals surface area contributed by atoms with Gasteiger partial charge >= 0.3 is 0 Å². The molecule has 3 aromatic rings. The summed E-state index contributed by atoms with van der Waals surface area (Å²) in [5, 5.41) is 0.859. The Kier molecular flexibility index (Phi) is 6.65. The van der Waals surface area contributed by atoms with Crippen LogP contribution in [0.3, 0.4) is 0 Å². The Morgan fingerprint density at radius 2 is 1.83 bits per heavy atom. The first kappa shape index (κ1) is 23.2. The maximum Gasteiger partial charge on any atom is 0.262 e. The van der Waals surface area contributed by atoms with Crippen molar-refractivity contribution in [2.24, 2.45) is 0 Å². The fraction of sp³-hybridized carbons (Fsp3) is 0.571. The van der Waals surface area contributed by atoms with Crippen LogP contribution in [0.4, 0.5) is 0 Å². The summed E-state index contributed by atoms with van der Waals surface area (Å²) in [4.78, 5) is 26.0. The van der Waals surface area contributed by atoms with Gasteiger partial charge in [0.25, 0.3) is 5.56 Å². The van der Waals surface area contributed by atoms with E-state index in [1.807, 2.05) is 24.3 Å². The number of likely N-dealkylation sites (tertiary alicyclic amines) is 2. The predicted molar refractivity (Wildman–Crippen MR) is 142 cm³/mol. The number of hydrogen-bond donors (Lipinski definition) is 0. The molecular formula is C28H36N4O2S. The third-order valence-corrected chi connectivity index (χ3v) is 9.58. The lowest BCUT2D eigenvalue weighted by atomic mass is 9.90. The molecule has 0 bridgehead atoms. The summed E-state index contributed by atoms with van der Waals surface area (Å²) in [6.45, 7) is 5.57. The molecule has 2 fully saturated rings. The molecule has 7 heteroatoms. The number of aromatic nitrogens is 2. The van der Waals surface area contributed by atoms with E-state index in [4.69, 9.17) is 9.72 Å². The van der Waals surface area contributed by atoms with E-state index < -0.39 is 0 Å². The molecular weight excluding hydrogens is 456 g/mol. The number of aryl methyl sites for hydroxylation is 1. The van der Waals surface area contributed by atoms with Gasteiger partial charge in [0.1, 0.15) is 10.6 Å². The van der Waals surface area contributed by atoms with Gasteiger partial charge in [0, 0.05) is 17.0 Å². The average Bonchev–Trinajstić information content (AvgIpc) is 3.29. The number of nitrogens with zero attached hydrogens (tertiary/aromatic N) is 4. The average molecular weight is 493 g/mol. The number of benzene rings is 1. The number of thiophene rings is 1. The zero-order chi connectivity index (χ0) is 23.8. The van der Waals surface area contributed by atoms with Crippen LogP contribution in [0.5, 0.6) is 5.75 Å². The van der Waals surface area contributed by atoms with Crippen molar-refractivity contribution in [2.45, 2.75) is 70.0 Å². The van der Waals surface area contributed by atoms with Crippen molar-refractivity contribution in [1.29, 1.82) is 0 Å². The number of piperidine rings is 2. The molecule has 1 atom stereocenters. The molecule has 0 radical (unpaired) electrons. The first-order chi connectivity index (χ1) is 17.2. The number of hydrogen-bond acceptors (Lipinski definition) is 6. The van der Waals surface area contributed by atoms with Gasteiger partial charge in [-0.3, -0.25) is 14.3 Å². The van der Waals surface area contributed by atoms with Gasteiger partial charge < -0.3 is 9.64 Å². The highest BCUT2D eigenvalue weighted by Crippen LogP contribution is 2.36. The molecule has 2 aliphatic heterocycles. The second-order valence-corrected chi connectivity index (χ2v) is 11.6. The summed E-state index contributed by atoms with van der Waals surface area (Å²) in [5.41, 5.74) is 2.41. The molecule has 0 N–H and O–H groups in total. The van der Waals surface area contributed by atoms with Gasteiger partial charge in [-0.1, -0.05) is 18.6 Å². The Bertz CT molecular complexity index is 1240. The lowest BCUT2D eigenvalue weighted by Crippen LogP contribution is -2.50. The molecule has 0 spiro atoms. The monoisotopic (exact) mass is 492 g/mol. The Hall–Kier alpha value is -2.22. The fourth-order valence-corrected chi connectivity index (χ4v) is 7.72. The van der Waals surface area contributed by atoms with Gasteiger partial charge in [-0.25, -0.2) is 4.98 Å².